The van der Waals surface area contributed by atoms with Gasteiger partial charge >= 0.3 is 24.1 Å². The van der Waals surface area contributed by atoms with E-state index in [1.54, 1.807) is 0 Å². The zero-order chi connectivity index (χ0) is 41.0. The highest BCUT2D eigenvalue weighted by atomic mass is 19.4. The molecule has 0 radical (unpaired) electrons. The topological polar surface area (TPSA) is 144 Å². The molecule has 0 spiro atoms. The number of halogens is 3. The summed E-state index contributed by atoms with van der Waals surface area (Å²) in [6.07, 6.45) is -18.0. The first kappa shape index (κ1) is 43.7. The summed E-state index contributed by atoms with van der Waals surface area (Å²) in [6.45, 7) is 2.00. The molecule has 0 amide bonds. The molecule has 3 aromatic carbocycles. The number of ether oxygens (including phenoxy) is 10. The highest BCUT2D eigenvalue weighted by Crippen LogP contribution is 2.42. The standard InChI is InChI=1S/C41H47F3O13/c1-25(45)49-23-32-35(54-26(2)46)36(55-27(3)47)33(41(42,43)44)39(56-32)53-24-31-34(50-20-28-14-8-5-9-15-28)37(51-21-29-16-10-6-11-17-29)38(40(48-4)57-31)52-22-30-18-12-7-13-19-30/h5-19,31-40H,20-24H2,1-4H3/t31-,32-,33-,34-,35+,36-,37?,38-,39?,40+/m1/s1. The van der Waals surface area contributed by atoms with E-state index in [4.69, 9.17) is 47.4 Å². The first-order valence-corrected chi connectivity index (χ1v) is 18.3. The molecule has 2 unspecified atom stereocenters. The highest BCUT2D eigenvalue weighted by molar-refractivity contribution is 5.68. The van der Waals surface area contributed by atoms with Gasteiger partial charge in [0, 0.05) is 27.9 Å². The minimum Gasteiger partial charge on any atom is -0.463 e. The molecule has 0 N–H and O–H groups in total. The van der Waals surface area contributed by atoms with Gasteiger partial charge in [0.1, 0.15) is 43.0 Å². The van der Waals surface area contributed by atoms with Gasteiger partial charge in [0.25, 0.3) is 0 Å². The Labute approximate surface area is 328 Å². The van der Waals surface area contributed by atoms with Crippen LogP contribution in [0.5, 0.6) is 0 Å². The molecule has 3 aromatic rings. The van der Waals surface area contributed by atoms with Crippen LogP contribution < -0.4 is 0 Å². The summed E-state index contributed by atoms with van der Waals surface area (Å²) < 4.78 is 104. The number of alkyl halides is 3. The fourth-order valence-electron chi connectivity index (χ4n) is 6.65. The summed E-state index contributed by atoms with van der Waals surface area (Å²) >= 11 is 0. The lowest BCUT2D eigenvalue weighted by molar-refractivity contribution is -0.362. The molecule has 2 aliphatic rings. The number of benzene rings is 3. The SMILES string of the molecule is CO[C@H]1O[C@H](COC2O[C@H](COC(C)=O)[C@H](OC(C)=O)[C@H](OC(C)=O)[C@H]2C(F)(F)F)[C@@H](OCc2ccccc2)C(OCc2ccccc2)[C@H]1OCc1ccccc1. The van der Waals surface area contributed by atoms with Gasteiger partial charge < -0.3 is 47.4 Å². The van der Waals surface area contributed by atoms with Crippen LogP contribution in [0.2, 0.25) is 0 Å². The van der Waals surface area contributed by atoms with Crippen molar-refractivity contribution in [3.8, 4) is 0 Å². The van der Waals surface area contributed by atoms with Gasteiger partial charge in [-0.1, -0.05) is 91.0 Å². The third-order valence-corrected chi connectivity index (χ3v) is 9.18. The Balaban J connectivity index is 1.49. The van der Waals surface area contributed by atoms with Crippen molar-refractivity contribution in [2.45, 2.75) is 102 Å². The van der Waals surface area contributed by atoms with Crippen LogP contribution in [0, 0.1) is 5.92 Å². The Morgan fingerprint density at radius 1 is 0.544 bits per heavy atom. The molecule has 0 aliphatic carbocycles. The van der Waals surface area contributed by atoms with Crippen LogP contribution in [0.25, 0.3) is 0 Å². The van der Waals surface area contributed by atoms with Crippen molar-refractivity contribution in [3.63, 3.8) is 0 Å². The fraction of sp³-hybridized carbons (Fsp3) is 0.488. The van der Waals surface area contributed by atoms with Gasteiger partial charge in [-0.15, -0.1) is 0 Å². The Bertz CT molecular complexity index is 1700. The largest absolute Gasteiger partial charge is 0.463 e. The zero-order valence-corrected chi connectivity index (χ0v) is 31.9. The van der Waals surface area contributed by atoms with Gasteiger partial charge in [-0.25, -0.2) is 0 Å². The average molecular weight is 805 g/mol. The van der Waals surface area contributed by atoms with Gasteiger partial charge in [0.15, 0.2) is 24.8 Å². The minimum atomic E-state index is -5.13. The Morgan fingerprint density at radius 3 is 1.44 bits per heavy atom. The summed E-state index contributed by atoms with van der Waals surface area (Å²) in [5.41, 5.74) is 2.47. The quantitative estimate of drug-likeness (QED) is 0.126. The van der Waals surface area contributed by atoms with E-state index in [0.29, 0.717) is 0 Å². The molecule has 2 saturated heterocycles. The fourth-order valence-corrected chi connectivity index (χ4v) is 6.65. The molecule has 13 nitrogen and oxygen atoms in total. The van der Waals surface area contributed by atoms with Crippen LogP contribution in [0.3, 0.4) is 0 Å². The van der Waals surface area contributed by atoms with E-state index in [1.807, 2.05) is 91.0 Å². The van der Waals surface area contributed by atoms with Crippen molar-refractivity contribution >= 4 is 17.9 Å². The average Bonchev–Trinajstić information content (AvgIpc) is 3.18. The lowest BCUT2D eigenvalue weighted by Gasteiger charge is -2.47. The van der Waals surface area contributed by atoms with E-state index in [2.05, 4.69) is 0 Å². The first-order valence-electron chi connectivity index (χ1n) is 18.3. The molecule has 10 atom stereocenters. The second-order valence-corrected chi connectivity index (χ2v) is 13.5. The molecule has 310 valence electrons. The summed E-state index contributed by atoms with van der Waals surface area (Å²) in [5, 5.41) is 0. The van der Waals surface area contributed by atoms with Gasteiger partial charge in [0.05, 0.1) is 26.4 Å². The maximum absolute atomic E-state index is 15.0. The lowest BCUT2D eigenvalue weighted by Crippen LogP contribution is -2.64. The van der Waals surface area contributed by atoms with Crippen molar-refractivity contribution < 1.29 is 74.9 Å². The van der Waals surface area contributed by atoms with Crippen LogP contribution in [-0.2, 0) is 81.6 Å². The van der Waals surface area contributed by atoms with Crippen molar-refractivity contribution in [1.82, 2.24) is 0 Å². The molecule has 0 bridgehead atoms. The number of hydrogen-bond acceptors (Lipinski definition) is 13. The van der Waals surface area contributed by atoms with Gasteiger partial charge in [-0.2, -0.15) is 13.2 Å². The van der Waals surface area contributed by atoms with Crippen molar-refractivity contribution in [3.05, 3.63) is 108 Å². The predicted molar refractivity (Wildman–Crippen MR) is 193 cm³/mol. The zero-order valence-electron chi connectivity index (χ0n) is 31.9. The number of carbonyl (C=O) groups is 3. The van der Waals surface area contributed by atoms with Crippen LogP contribution in [0.15, 0.2) is 91.0 Å². The van der Waals surface area contributed by atoms with E-state index >= 15 is 13.2 Å². The van der Waals surface area contributed by atoms with E-state index in [0.717, 1.165) is 37.5 Å². The first-order chi connectivity index (χ1) is 27.3. The number of carbonyl (C=O) groups excluding carboxylic acids is 3. The minimum absolute atomic E-state index is 0.0494. The van der Waals surface area contributed by atoms with Gasteiger partial charge in [-0.05, 0) is 16.7 Å². The van der Waals surface area contributed by atoms with Gasteiger partial charge in [0.2, 0.25) is 0 Å². The summed E-state index contributed by atoms with van der Waals surface area (Å²) in [6, 6.07) is 27.9. The Hall–Kier alpha value is -4.42. The summed E-state index contributed by atoms with van der Waals surface area (Å²) in [7, 11) is 1.39. The monoisotopic (exact) mass is 804 g/mol. The molecule has 2 fully saturated rings. The maximum Gasteiger partial charge on any atom is 0.400 e. The van der Waals surface area contributed by atoms with Crippen LogP contribution in [0.1, 0.15) is 37.5 Å². The number of methoxy groups -OCH3 is 1. The van der Waals surface area contributed by atoms with Crippen LogP contribution in [-0.4, -0.2) is 99.7 Å². The Morgan fingerprint density at radius 2 is 0.982 bits per heavy atom. The normalized spacial score (nSPS) is 27.6. The molecular weight excluding hydrogens is 757 g/mol. The molecule has 57 heavy (non-hydrogen) atoms. The molecule has 5 rings (SSSR count). The highest BCUT2D eigenvalue weighted by Gasteiger charge is 2.61. The molecular formula is C41H47F3O13. The number of rotatable bonds is 17. The van der Waals surface area contributed by atoms with Crippen molar-refractivity contribution in [2.75, 3.05) is 20.3 Å². The maximum atomic E-state index is 15.0. The van der Waals surface area contributed by atoms with E-state index in [1.165, 1.54) is 7.11 Å². The number of hydrogen-bond donors (Lipinski definition) is 0. The smallest absolute Gasteiger partial charge is 0.400 e. The van der Waals surface area contributed by atoms with Crippen LogP contribution in [0.4, 0.5) is 13.2 Å². The second-order valence-electron chi connectivity index (χ2n) is 13.5. The molecule has 2 aliphatic heterocycles. The van der Waals surface area contributed by atoms with E-state index in [9.17, 15) is 14.4 Å². The summed E-state index contributed by atoms with van der Waals surface area (Å²) in [4.78, 5) is 36.0. The Kier molecular flexibility index (Phi) is 16.0. The van der Waals surface area contributed by atoms with Crippen molar-refractivity contribution in [2.24, 2.45) is 5.92 Å². The second kappa shape index (κ2) is 20.8. The molecule has 2 heterocycles. The molecule has 0 aromatic heterocycles. The third-order valence-electron chi connectivity index (χ3n) is 9.18. The van der Waals surface area contributed by atoms with E-state index < -0.39 is 98.5 Å². The molecule has 16 heteroatoms. The molecule has 0 saturated carbocycles. The lowest BCUT2D eigenvalue weighted by atomic mass is 9.89. The van der Waals surface area contributed by atoms with Gasteiger partial charge in [-0.3, -0.25) is 14.4 Å². The third kappa shape index (κ3) is 12.5. The predicted octanol–water partition coefficient (Wildman–Crippen LogP) is 5.46. The van der Waals surface area contributed by atoms with Crippen LogP contribution >= 0.6 is 0 Å². The van der Waals surface area contributed by atoms with E-state index in [-0.39, 0.29) is 19.8 Å². The number of esters is 3. The van der Waals surface area contributed by atoms with Crippen molar-refractivity contribution in [1.29, 1.82) is 0 Å². The summed E-state index contributed by atoms with van der Waals surface area (Å²) in [5.74, 6) is -5.54.